The normalized spacial score (nSPS) is 17.7. The van der Waals surface area contributed by atoms with Crippen molar-refractivity contribution >= 4 is 15.8 Å². The number of nitrogens with zero attached hydrogens (tertiary/aromatic N) is 1. The zero-order valence-corrected chi connectivity index (χ0v) is 17.0. The van der Waals surface area contributed by atoms with Crippen molar-refractivity contribution in [2.24, 2.45) is 0 Å². The van der Waals surface area contributed by atoms with E-state index in [2.05, 4.69) is 36.1 Å². The number of carbonyl (C=O) groups is 1. The Morgan fingerprint density at radius 2 is 1.68 bits per heavy atom. The van der Waals surface area contributed by atoms with Crippen molar-refractivity contribution in [3.05, 3.63) is 54.1 Å². The molecule has 0 bridgehead atoms. The van der Waals surface area contributed by atoms with Crippen molar-refractivity contribution in [1.29, 1.82) is 0 Å². The largest absolute Gasteiger partial charge is 0.481 e. The van der Waals surface area contributed by atoms with Gasteiger partial charge in [0.25, 0.3) is 0 Å². The van der Waals surface area contributed by atoms with E-state index in [4.69, 9.17) is 5.11 Å². The first-order valence-corrected chi connectivity index (χ1v) is 11.4. The van der Waals surface area contributed by atoms with Crippen LogP contribution in [0.15, 0.2) is 53.4 Å². The Kier molecular flexibility index (Phi) is 6.52. The number of carboxylic acids is 1. The quantitative estimate of drug-likeness (QED) is 0.731. The van der Waals surface area contributed by atoms with Crippen LogP contribution in [0.3, 0.4) is 0 Å². The first-order valence-electron chi connectivity index (χ1n) is 9.73. The van der Waals surface area contributed by atoms with Crippen molar-refractivity contribution in [3.8, 4) is 11.1 Å². The zero-order chi connectivity index (χ0) is 20.1. The highest BCUT2D eigenvalue weighted by atomic mass is 32.2. The van der Waals surface area contributed by atoms with Gasteiger partial charge >= 0.3 is 5.97 Å². The maximum absolute atomic E-state index is 12.2. The van der Waals surface area contributed by atoms with Crippen LogP contribution in [0.25, 0.3) is 11.1 Å². The lowest BCUT2D eigenvalue weighted by molar-refractivity contribution is -0.136. The van der Waals surface area contributed by atoms with Gasteiger partial charge in [-0.1, -0.05) is 36.4 Å². The fraction of sp³-hybridized carbons (Fsp3) is 0.409. The summed E-state index contributed by atoms with van der Waals surface area (Å²) < 4.78 is 24.3. The van der Waals surface area contributed by atoms with Crippen LogP contribution in [-0.4, -0.2) is 49.3 Å². The second-order valence-corrected chi connectivity index (χ2v) is 9.57. The van der Waals surface area contributed by atoms with Crippen molar-refractivity contribution in [1.82, 2.24) is 4.90 Å². The predicted molar refractivity (Wildman–Crippen MR) is 110 cm³/mol. The lowest BCUT2D eigenvalue weighted by atomic mass is 10.0. The van der Waals surface area contributed by atoms with Crippen LogP contribution in [0, 0.1) is 0 Å². The molecule has 1 N–H and O–H groups in total. The van der Waals surface area contributed by atoms with Crippen molar-refractivity contribution in [2.45, 2.75) is 43.5 Å². The van der Waals surface area contributed by atoms with Crippen molar-refractivity contribution < 1.29 is 18.3 Å². The van der Waals surface area contributed by atoms with Gasteiger partial charge < -0.3 is 10.0 Å². The molecule has 0 aromatic heterocycles. The molecular weight excluding hydrogens is 374 g/mol. The molecule has 0 radical (unpaired) electrons. The summed E-state index contributed by atoms with van der Waals surface area (Å²) in [7, 11) is -3.57. The third-order valence-electron chi connectivity index (χ3n) is 5.46. The Morgan fingerprint density at radius 1 is 1.07 bits per heavy atom. The minimum absolute atomic E-state index is 0.161. The maximum atomic E-state index is 12.2. The van der Waals surface area contributed by atoms with Gasteiger partial charge in [-0.3, -0.25) is 4.79 Å². The molecule has 2 aromatic carbocycles. The number of hydrogen-bond acceptors (Lipinski definition) is 4. The molecule has 0 aliphatic carbocycles. The molecule has 1 fully saturated rings. The summed E-state index contributed by atoms with van der Waals surface area (Å²) in [6.07, 6.45) is 3.23. The standard InChI is InChI=1S/C22H27NO4S/c1-17-3-2-14-23(17)15-12-18-4-6-19(7-5-18)20-8-10-21(11-9-20)28(26,27)16-13-22(24)25/h4-11,17H,2-3,12-16H2,1H3,(H,24,25). The van der Waals surface area contributed by atoms with Crippen molar-refractivity contribution in [3.63, 3.8) is 0 Å². The van der Waals surface area contributed by atoms with Gasteiger partial charge in [-0.2, -0.15) is 0 Å². The topological polar surface area (TPSA) is 74.7 Å². The Balaban J connectivity index is 1.63. The summed E-state index contributed by atoms with van der Waals surface area (Å²) in [4.78, 5) is 13.3. The van der Waals surface area contributed by atoms with Crippen LogP contribution in [0.5, 0.6) is 0 Å². The fourth-order valence-electron chi connectivity index (χ4n) is 3.66. The molecular formula is C22H27NO4S. The van der Waals surface area contributed by atoms with Gasteiger partial charge in [0, 0.05) is 12.6 Å². The first kappa shape index (κ1) is 20.6. The van der Waals surface area contributed by atoms with Gasteiger partial charge in [0.15, 0.2) is 9.84 Å². The summed E-state index contributed by atoms with van der Waals surface area (Å²) in [5.74, 6) is -1.49. The summed E-state index contributed by atoms with van der Waals surface area (Å²) in [5, 5.41) is 8.68. The Hall–Kier alpha value is -2.18. The Labute approximate surface area is 166 Å². The molecule has 28 heavy (non-hydrogen) atoms. The van der Waals surface area contributed by atoms with Crippen LogP contribution in [0.2, 0.25) is 0 Å². The smallest absolute Gasteiger partial charge is 0.304 e. The van der Waals surface area contributed by atoms with E-state index in [1.54, 1.807) is 24.3 Å². The van der Waals surface area contributed by atoms with E-state index >= 15 is 0 Å². The zero-order valence-electron chi connectivity index (χ0n) is 16.2. The minimum Gasteiger partial charge on any atom is -0.481 e. The summed E-state index contributed by atoms with van der Waals surface area (Å²) >= 11 is 0. The van der Waals surface area contributed by atoms with E-state index in [0.717, 1.165) is 24.1 Å². The molecule has 1 heterocycles. The number of benzene rings is 2. The van der Waals surface area contributed by atoms with Crippen LogP contribution in [0.1, 0.15) is 31.7 Å². The minimum atomic E-state index is -3.57. The molecule has 1 atom stereocenters. The molecule has 0 saturated carbocycles. The number of rotatable bonds is 8. The second-order valence-electron chi connectivity index (χ2n) is 7.46. The monoisotopic (exact) mass is 401 g/mol. The molecule has 150 valence electrons. The molecule has 1 saturated heterocycles. The molecule has 5 nitrogen and oxygen atoms in total. The number of aliphatic carboxylic acids is 1. The fourth-order valence-corrected chi connectivity index (χ4v) is 4.89. The predicted octanol–water partition coefficient (Wildman–Crippen LogP) is 3.63. The molecule has 6 heteroatoms. The number of carboxylic acid groups (broad SMARTS) is 1. The van der Waals surface area contributed by atoms with E-state index in [1.165, 1.54) is 24.9 Å². The van der Waals surface area contributed by atoms with Crippen LogP contribution in [-0.2, 0) is 21.1 Å². The highest BCUT2D eigenvalue weighted by molar-refractivity contribution is 7.91. The Morgan fingerprint density at radius 3 is 2.21 bits per heavy atom. The molecule has 2 aromatic rings. The molecule has 0 amide bonds. The number of hydrogen-bond donors (Lipinski definition) is 1. The van der Waals surface area contributed by atoms with E-state index in [1.807, 2.05) is 0 Å². The van der Waals surface area contributed by atoms with Crippen molar-refractivity contribution in [2.75, 3.05) is 18.8 Å². The van der Waals surface area contributed by atoms with E-state index < -0.39 is 15.8 Å². The van der Waals surface area contributed by atoms with E-state index in [-0.39, 0.29) is 17.1 Å². The van der Waals surface area contributed by atoms with Gasteiger partial charge in [-0.15, -0.1) is 0 Å². The summed E-state index contributed by atoms with van der Waals surface area (Å²) in [5.41, 5.74) is 3.28. The number of likely N-dealkylation sites (tertiary alicyclic amines) is 1. The van der Waals surface area contributed by atoms with Crippen LogP contribution >= 0.6 is 0 Å². The van der Waals surface area contributed by atoms with Gasteiger partial charge in [0.05, 0.1) is 17.1 Å². The SMILES string of the molecule is CC1CCCN1CCc1ccc(-c2ccc(S(=O)(=O)CCC(=O)O)cc2)cc1. The molecule has 1 aliphatic heterocycles. The lowest BCUT2D eigenvalue weighted by Crippen LogP contribution is -2.28. The average molecular weight is 402 g/mol. The second kappa shape index (κ2) is 8.88. The van der Waals surface area contributed by atoms with Gasteiger partial charge in [0.1, 0.15) is 0 Å². The van der Waals surface area contributed by atoms with Gasteiger partial charge in [-0.25, -0.2) is 8.42 Å². The van der Waals surface area contributed by atoms with E-state index in [0.29, 0.717) is 6.04 Å². The highest BCUT2D eigenvalue weighted by Crippen LogP contribution is 2.23. The molecule has 1 unspecified atom stereocenters. The third-order valence-corrected chi connectivity index (χ3v) is 7.20. The summed E-state index contributed by atoms with van der Waals surface area (Å²) in [6, 6.07) is 15.7. The van der Waals surface area contributed by atoms with Gasteiger partial charge in [0.2, 0.25) is 0 Å². The summed E-state index contributed by atoms with van der Waals surface area (Å²) in [6.45, 7) is 4.58. The Bertz CT molecular complexity index is 905. The third kappa shape index (κ3) is 5.20. The van der Waals surface area contributed by atoms with E-state index in [9.17, 15) is 13.2 Å². The van der Waals surface area contributed by atoms with Crippen LogP contribution in [0.4, 0.5) is 0 Å². The number of sulfone groups is 1. The lowest BCUT2D eigenvalue weighted by Gasteiger charge is -2.20. The van der Waals surface area contributed by atoms with Gasteiger partial charge in [-0.05, 0) is 61.6 Å². The highest BCUT2D eigenvalue weighted by Gasteiger charge is 2.19. The molecule has 1 aliphatic rings. The average Bonchev–Trinajstić information content (AvgIpc) is 3.10. The molecule has 0 spiro atoms. The maximum Gasteiger partial charge on any atom is 0.304 e. The molecule has 3 rings (SSSR count). The first-order chi connectivity index (χ1) is 13.3. The van der Waals surface area contributed by atoms with Crippen LogP contribution < -0.4 is 0 Å².